The fourth-order valence-electron chi connectivity index (χ4n) is 2.74. The molecule has 0 spiro atoms. The average Bonchev–Trinajstić information content (AvgIpc) is 2.50. The second-order valence-corrected chi connectivity index (χ2v) is 5.40. The molecule has 110 valence electrons. The third-order valence-corrected chi connectivity index (χ3v) is 3.91. The Balaban J connectivity index is 1.96. The number of hydrogen-bond acceptors (Lipinski definition) is 3. The fraction of sp³-hybridized carbons (Fsp3) is 0.562. The van der Waals surface area contributed by atoms with Crippen LogP contribution < -0.4 is 5.32 Å². The summed E-state index contributed by atoms with van der Waals surface area (Å²) < 4.78 is 0. The molecule has 1 aliphatic heterocycles. The molecule has 1 heterocycles. The van der Waals surface area contributed by atoms with Gasteiger partial charge in [-0.05, 0) is 37.3 Å². The number of nitrogens with zero attached hydrogens (tertiary/aromatic N) is 1. The molecular weight excluding hydrogens is 252 g/mol. The zero-order valence-corrected chi connectivity index (χ0v) is 12.1. The highest BCUT2D eigenvalue weighted by Gasteiger charge is 2.28. The summed E-state index contributed by atoms with van der Waals surface area (Å²) in [5, 5.41) is 12.1. The number of anilines is 1. The summed E-state index contributed by atoms with van der Waals surface area (Å²) in [7, 11) is 1.88. The molecule has 2 rings (SSSR count). The number of fused-ring (bicyclic) bond motifs is 1. The Bertz CT molecular complexity index is 448. The molecule has 1 atom stereocenters. The Hall–Kier alpha value is -1.55. The second kappa shape index (κ2) is 7.29. The minimum Gasteiger partial charge on any atom is -0.396 e. The normalized spacial score (nSPS) is 17.2. The molecule has 0 radical (unpaired) electrons. The molecule has 1 amide bonds. The van der Waals surface area contributed by atoms with Crippen LogP contribution in [0.1, 0.15) is 37.2 Å². The van der Waals surface area contributed by atoms with Gasteiger partial charge in [-0.2, -0.15) is 0 Å². The lowest BCUT2D eigenvalue weighted by atomic mass is 9.90. The molecular formula is C16H24N2O2. The van der Waals surface area contributed by atoms with Crippen molar-refractivity contribution >= 4 is 11.6 Å². The standard InChI is InChI=1S/C16H24N2O2/c1-18(11-5-2-6-12-19)16(20)14-9-10-17-15-8-4-3-7-13(14)15/h3-4,7-8,14,17,19H,2,5-6,9-12H2,1H3. The van der Waals surface area contributed by atoms with Gasteiger partial charge in [-0.1, -0.05) is 18.2 Å². The number of carbonyl (C=O) groups is 1. The Morgan fingerprint density at radius 3 is 2.95 bits per heavy atom. The number of amides is 1. The molecule has 1 aliphatic rings. The van der Waals surface area contributed by atoms with Gasteiger partial charge in [-0.3, -0.25) is 4.79 Å². The lowest BCUT2D eigenvalue weighted by molar-refractivity contribution is -0.131. The maximum Gasteiger partial charge on any atom is 0.230 e. The first kappa shape index (κ1) is 14.9. The van der Waals surface area contributed by atoms with Crippen molar-refractivity contribution < 1.29 is 9.90 Å². The second-order valence-electron chi connectivity index (χ2n) is 5.40. The smallest absolute Gasteiger partial charge is 0.230 e. The van der Waals surface area contributed by atoms with Crippen LogP contribution in [-0.4, -0.2) is 42.7 Å². The van der Waals surface area contributed by atoms with Gasteiger partial charge in [-0.25, -0.2) is 0 Å². The van der Waals surface area contributed by atoms with Crippen LogP contribution in [0.2, 0.25) is 0 Å². The van der Waals surface area contributed by atoms with E-state index >= 15 is 0 Å². The van der Waals surface area contributed by atoms with E-state index in [0.29, 0.717) is 0 Å². The number of benzene rings is 1. The zero-order chi connectivity index (χ0) is 14.4. The highest BCUT2D eigenvalue weighted by atomic mass is 16.2. The minimum atomic E-state index is -0.0182. The van der Waals surface area contributed by atoms with Crippen molar-refractivity contribution in [2.75, 3.05) is 32.1 Å². The number of para-hydroxylation sites is 1. The molecule has 0 aromatic heterocycles. The van der Waals surface area contributed by atoms with Crippen LogP contribution in [0.15, 0.2) is 24.3 Å². The first-order valence-corrected chi connectivity index (χ1v) is 7.42. The van der Waals surface area contributed by atoms with E-state index < -0.39 is 0 Å². The molecule has 4 heteroatoms. The Kier molecular flexibility index (Phi) is 5.41. The molecule has 4 nitrogen and oxygen atoms in total. The molecule has 1 aromatic carbocycles. The van der Waals surface area contributed by atoms with Crippen molar-refractivity contribution in [3.8, 4) is 0 Å². The van der Waals surface area contributed by atoms with E-state index in [4.69, 9.17) is 5.11 Å². The molecule has 2 N–H and O–H groups in total. The lowest BCUT2D eigenvalue weighted by Crippen LogP contribution is -2.35. The summed E-state index contributed by atoms with van der Waals surface area (Å²) in [5.74, 6) is 0.193. The van der Waals surface area contributed by atoms with E-state index in [1.165, 1.54) is 0 Å². The van der Waals surface area contributed by atoms with Crippen molar-refractivity contribution in [1.82, 2.24) is 4.90 Å². The average molecular weight is 276 g/mol. The number of rotatable bonds is 6. The fourth-order valence-corrected chi connectivity index (χ4v) is 2.74. The zero-order valence-electron chi connectivity index (χ0n) is 12.1. The van der Waals surface area contributed by atoms with Crippen LogP contribution in [0.25, 0.3) is 0 Å². The first-order valence-electron chi connectivity index (χ1n) is 7.42. The summed E-state index contributed by atoms with van der Waals surface area (Å²) in [6, 6.07) is 8.07. The molecule has 0 saturated carbocycles. The highest BCUT2D eigenvalue weighted by Crippen LogP contribution is 2.32. The van der Waals surface area contributed by atoms with Crippen LogP contribution in [0.4, 0.5) is 5.69 Å². The van der Waals surface area contributed by atoms with E-state index in [0.717, 1.165) is 50.0 Å². The van der Waals surface area contributed by atoms with Gasteiger partial charge in [0.15, 0.2) is 0 Å². The van der Waals surface area contributed by atoms with Crippen molar-refractivity contribution in [2.24, 2.45) is 0 Å². The van der Waals surface area contributed by atoms with Crippen LogP contribution >= 0.6 is 0 Å². The number of hydrogen-bond donors (Lipinski definition) is 2. The van der Waals surface area contributed by atoms with E-state index in [1.54, 1.807) is 0 Å². The Labute approximate surface area is 120 Å². The third kappa shape index (κ3) is 3.51. The minimum absolute atomic E-state index is 0.0182. The topological polar surface area (TPSA) is 52.6 Å². The number of aliphatic hydroxyl groups excluding tert-OH is 1. The Morgan fingerprint density at radius 1 is 1.35 bits per heavy atom. The van der Waals surface area contributed by atoms with Crippen molar-refractivity contribution in [2.45, 2.75) is 31.6 Å². The third-order valence-electron chi connectivity index (χ3n) is 3.91. The van der Waals surface area contributed by atoms with Gasteiger partial charge >= 0.3 is 0 Å². The summed E-state index contributed by atoms with van der Waals surface area (Å²) in [4.78, 5) is 14.4. The van der Waals surface area contributed by atoms with Crippen LogP contribution in [0.3, 0.4) is 0 Å². The van der Waals surface area contributed by atoms with E-state index in [-0.39, 0.29) is 18.4 Å². The van der Waals surface area contributed by atoms with Gasteiger partial charge < -0.3 is 15.3 Å². The van der Waals surface area contributed by atoms with Crippen molar-refractivity contribution in [3.63, 3.8) is 0 Å². The van der Waals surface area contributed by atoms with Crippen LogP contribution in [-0.2, 0) is 4.79 Å². The predicted octanol–water partition coefficient (Wildman–Crippen LogP) is 2.21. The lowest BCUT2D eigenvalue weighted by Gasteiger charge is -2.29. The molecule has 0 saturated heterocycles. The largest absolute Gasteiger partial charge is 0.396 e. The molecule has 0 bridgehead atoms. The summed E-state index contributed by atoms with van der Waals surface area (Å²) in [5.41, 5.74) is 2.21. The van der Waals surface area contributed by atoms with Gasteiger partial charge in [0.25, 0.3) is 0 Å². The van der Waals surface area contributed by atoms with E-state index in [9.17, 15) is 4.79 Å². The quantitative estimate of drug-likeness (QED) is 0.783. The van der Waals surface area contributed by atoms with Crippen LogP contribution in [0, 0.1) is 0 Å². The van der Waals surface area contributed by atoms with E-state index in [2.05, 4.69) is 5.32 Å². The maximum atomic E-state index is 12.6. The van der Waals surface area contributed by atoms with Crippen molar-refractivity contribution in [3.05, 3.63) is 29.8 Å². The summed E-state index contributed by atoms with van der Waals surface area (Å²) in [6.45, 7) is 1.86. The highest BCUT2D eigenvalue weighted by molar-refractivity contribution is 5.86. The number of likely N-dealkylation sites (N-methyl/N-ethyl adjacent to an activating group) is 1. The van der Waals surface area contributed by atoms with Crippen molar-refractivity contribution in [1.29, 1.82) is 0 Å². The summed E-state index contributed by atoms with van der Waals surface area (Å²) in [6.07, 6.45) is 3.60. The predicted molar refractivity (Wildman–Crippen MR) is 80.9 cm³/mol. The number of nitrogens with one attached hydrogen (secondary N) is 1. The van der Waals surface area contributed by atoms with Gasteiger partial charge in [0.05, 0.1) is 5.92 Å². The Morgan fingerprint density at radius 2 is 2.15 bits per heavy atom. The van der Waals surface area contributed by atoms with Crippen LogP contribution in [0.5, 0.6) is 0 Å². The molecule has 0 fully saturated rings. The van der Waals surface area contributed by atoms with Gasteiger partial charge in [0.1, 0.15) is 0 Å². The molecule has 20 heavy (non-hydrogen) atoms. The van der Waals surface area contributed by atoms with E-state index in [1.807, 2.05) is 36.2 Å². The van der Waals surface area contributed by atoms with Gasteiger partial charge in [0.2, 0.25) is 5.91 Å². The number of aliphatic hydroxyl groups is 1. The molecule has 1 unspecified atom stereocenters. The van der Waals surface area contributed by atoms with Gasteiger partial charge in [-0.15, -0.1) is 0 Å². The number of unbranched alkanes of at least 4 members (excludes halogenated alkanes) is 2. The van der Waals surface area contributed by atoms with Gasteiger partial charge in [0, 0.05) is 32.4 Å². The monoisotopic (exact) mass is 276 g/mol. The number of carbonyl (C=O) groups excluding carboxylic acids is 1. The first-order chi connectivity index (χ1) is 9.74. The molecule has 1 aromatic rings. The molecule has 0 aliphatic carbocycles. The SMILES string of the molecule is CN(CCCCCO)C(=O)C1CCNc2ccccc21. The maximum absolute atomic E-state index is 12.6. The summed E-state index contributed by atoms with van der Waals surface area (Å²) >= 11 is 0.